The molecule has 0 aliphatic heterocycles. The summed E-state index contributed by atoms with van der Waals surface area (Å²) in [6.45, 7) is 4.06. The van der Waals surface area contributed by atoms with E-state index in [0.29, 0.717) is 34.1 Å². The summed E-state index contributed by atoms with van der Waals surface area (Å²) in [7, 11) is 1.52. The quantitative estimate of drug-likeness (QED) is 0.190. The van der Waals surface area contributed by atoms with Crippen molar-refractivity contribution in [2.24, 2.45) is 11.0 Å². The molecule has 0 saturated heterocycles. The number of benzene rings is 2. The van der Waals surface area contributed by atoms with Gasteiger partial charge in [0, 0.05) is 10.6 Å². The average Bonchev–Trinajstić information content (AvgIpc) is 2.77. The Kier molecular flexibility index (Phi) is 10.5. The van der Waals surface area contributed by atoms with Crippen LogP contribution in [0, 0.1) is 21.8 Å². The first kappa shape index (κ1) is 26.5. The number of amides is 2. The van der Waals surface area contributed by atoms with Gasteiger partial charge in [-0.15, -0.1) is 6.42 Å². The van der Waals surface area contributed by atoms with Gasteiger partial charge in [0.2, 0.25) is 0 Å². The maximum absolute atomic E-state index is 12.7. The van der Waals surface area contributed by atoms with Crippen LogP contribution in [0.3, 0.4) is 0 Å². The van der Waals surface area contributed by atoms with E-state index in [4.69, 9.17) is 27.5 Å². The fourth-order valence-corrected chi connectivity index (χ4v) is 3.77. The van der Waals surface area contributed by atoms with Crippen LogP contribution in [0.1, 0.15) is 36.2 Å². The topological polar surface area (TPSA) is 89.0 Å². The molecular weight excluding hydrogens is 557 g/mol. The summed E-state index contributed by atoms with van der Waals surface area (Å²) in [5.74, 6) is 2.85. The molecule has 0 saturated carbocycles. The summed E-state index contributed by atoms with van der Waals surface area (Å²) in [6.07, 6.45) is 7.19. The summed E-state index contributed by atoms with van der Waals surface area (Å²) in [6, 6.07) is 9.24. The third-order valence-electron chi connectivity index (χ3n) is 4.38. The summed E-state index contributed by atoms with van der Waals surface area (Å²) in [4.78, 5) is 25.3. The molecule has 0 spiro atoms. The molecule has 2 aromatic rings. The van der Waals surface area contributed by atoms with Crippen molar-refractivity contribution < 1.29 is 19.1 Å². The molecular formula is C24H25ClIN3O4. The van der Waals surface area contributed by atoms with Gasteiger partial charge in [0.15, 0.2) is 11.5 Å². The van der Waals surface area contributed by atoms with Crippen molar-refractivity contribution in [2.75, 3.05) is 13.7 Å². The lowest BCUT2D eigenvalue weighted by Crippen LogP contribution is -2.46. The minimum Gasteiger partial charge on any atom is -0.493 e. The van der Waals surface area contributed by atoms with Gasteiger partial charge < -0.3 is 14.8 Å². The molecule has 0 bridgehead atoms. The van der Waals surface area contributed by atoms with E-state index in [0.717, 1.165) is 3.57 Å². The number of carbonyl (C=O) groups excluding carboxylic acids is 2. The van der Waals surface area contributed by atoms with E-state index >= 15 is 0 Å². The molecule has 0 radical (unpaired) electrons. The van der Waals surface area contributed by atoms with Crippen molar-refractivity contribution in [1.82, 2.24) is 10.7 Å². The number of methoxy groups -OCH3 is 1. The molecule has 2 rings (SSSR count). The zero-order chi connectivity index (χ0) is 24.4. The second-order valence-electron chi connectivity index (χ2n) is 7.42. The SMILES string of the molecule is C#CCOc1c(I)cc(/C=N/NC(=O)C(CC(C)C)NC(=O)c2ccc(Cl)cc2)cc1OC. The standard InChI is InChI=1S/C24H25ClIN3O4/c1-5-10-33-22-19(26)12-16(13-21(22)32-4)14-27-29-24(31)20(11-15(2)3)28-23(30)17-6-8-18(25)9-7-17/h1,6-9,12-15,20H,10-11H2,2-4H3,(H,28,30)(H,29,31)/b27-14+. The largest absolute Gasteiger partial charge is 0.493 e. The molecule has 0 aromatic heterocycles. The number of hydrogen-bond acceptors (Lipinski definition) is 5. The summed E-state index contributed by atoms with van der Waals surface area (Å²) in [5, 5.41) is 7.34. The lowest BCUT2D eigenvalue weighted by Gasteiger charge is -2.19. The van der Waals surface area contributed by atoms with Gasteiger partial charge in [-0.05, 0) is 76.9 Å². The smallest absolute Gasteiger partial charge is 0.262 e. The van der Waals surface area contributed by atoms with Gasteiger partial charge in [-0.2, -0.15) is 5.10 Å². The first-order valence-corrected chi connectivity index (χ1v) is 11.5. The van der Waals surface area contributed by atoms with Crippen molar-refractivity contribution in [3.8, 4) is 23.8 Å². The molecule has 174 valence electrons. The molecule has 0 aliphatic rings. The number of nitrogens with one attached hydrogen (secondary N) is 2. The van der Waals surface area contributed by atoms with Gasteiger partial charge in [0.05, 0.1) is 16.9 Å². The van der Waals surface area contributed by atoms with Gasteiger partial charge in [0.25, 0.3) is 11.8 Å². The normalized spacial score (nSPS) is 11.7. The summed E-state index contributed by atoms with van der Waals surface area (Å²) < 4.78 is 11.7. The fraction of sp³-hybridized carbons (Fsp3) is 0.292. The third-order valence-corrected chi connectivity index (χ3v) is 5.43. The number of hydrogen-bond donors (Lipinski definition) is 2. The molecule has 2 aromatic carbocycles. The van der Waals surface area contributed by atoms with Gasteiger partial charge >= 0.3 is 0 Å². The summed E-state index contributed by atoms with van der Waals surface area (Å²) >= 11 is 7.98. The van der Waals surface area contributed by atoms with E-state index in [1.165, 1.54) is 13.3 Å². The highest BCUT2D eigenvalue weighted by molar-refractivity contribution is 14.1. The van der Waals surface area contributed by atoms with Gasteiger partial charge in [-0.3, -0.25) is 9.59 Å². The van der Waals surface area contributed by atoms with Gasteiger partial charge in [-0.25, -0.2) is 5.43 Å². The van der Waals surface area contributed by atoms with Crippen LogP contribution in [0.15, 0.2) is 41.5 Å². The van der Waals surface area contributed by atoms with Crippen LogP contribution >= 0.6 is 34.2 Å². The van der Waals surface area contributed by atoms with E-state index < -0.39 is 11.9 Å². The van der Waals surface area contributed by atoms with E-state index in [1.807, 2.05) is 19.9 Å². The lowest BCUT2D eigenvalue weighted by atomic mass is 10.0. The van der Waals surface area contributed by atoms with Gasteiger partial charge in [0.1, 0.15) is 12.6 Å². The average molecular weight is 582 g/mol. The first-order valence-electron chi connectivity index (χ1n) is 10.1. The minimum atomic E-state index is -0.750. The van der Waals surface area contributed by atoms with E-state index in [2.05, 4.69) is 44.4 Å². The van der Waals surface area contributed by atoms with Gasteiger partial charge in [-0.1, -0.05) is 31.4 Å². The number of hydrazone groups is 1. The molecule has 7 nitrogen and oxygen atoms in total. The van der Waals surface area contributed by atoms with E-state index in [9.17, 15) is 9.59 Å². The van der Waals surface area contributed by atoms with Crippen LogP contribution < -0.4 is 20.2 Å². The Labute approximate surface area is 212 Å². The van der Waals surface area contributed by atoms with Crippen LogP contribution in [-0.4, -0.2) is 37.8 Å². The van der Waals surface area contributed by atoms with Crippen LogP contribution in [0.5, 0.6) is 11.5 Å². The Hall–Kier alpha value is -2.77. The van der Waals surface area contributed by atoms with Crippen LogP contribution in [0.25, 0.3) is 0 Å². The minimum absolute atomic E-state index is 0.120. The lowest BCUT2D eigenvalue weighted by molar-refractivity contribution is -0.123. The van der Waals surface area contributed by atoms with E-state index in [-0.39, 0.29) is 18.4 Å². The Morgan fingerprint density at radius 1 is 1.27 bits per heavy atom. The molecule has 9 heteroatoms. The molecule has 1 unspecified atom stereocenters. The predicted molar refractivity (Wildman–Crippen MR) is 138 cm³/mol. The highest BCUT2D eigenvalue weighted by atomic mass is 127. The van der Waals surface area contributed by atoms with Crippen LogP contribution in [0.4, 0.5) is 0 Å². The zero-order valence-corrected chi connectivity index (χ0v) is 21.4. The van der Waals surface area contributed by atoms with Crippen molar-refractivity contribution in [1.29, 1.82) is 0 Å². The fourth-order valence-electron chi connectivity index (χ4n) is 2.86. The molecule has 1 atom stereocenters. The highest BCUT2D eigenvalue weighted by Crippen LogP contribution is 2.33. The van der Waals surface area contributed by atoms with Crippen LogP contribution in [-0.2, 0) is 4.79 Å². The number of halogens is 2. The summed E-state index contributed by atoms with van der Waals surface area (Å²) in [5.41, 5.74) is 3.61. The highest BCUT2D eigenvalue weighted by Gasteiger charge is 2.22. The molecule has 0 aliphatic carbocycles. The number of nitrogens with zero attached hydrogens (tertiary/aromatic N) is 1. The third kappa shape index (κ3) is 8.26. The van der Waals surface area contributed by atoms with Crippen molar-refractivity contribution in [3.63, 3.8) is 0 Å². The van der Waals surface area contributed by atoms with Crippen molar-refractivity contribution in [3.05, 3.63) is 56.1 Å². The van der Waals surface area contributed by atoms with Crippen LogP contribution in [0.2, 0.25) is 5.02 Å². The number of carbonyl (C=O) groups is 2. The molecule has 0 heterocycles. The maximum atomic E-state index is 12.7. The monoisotopic (exact) mass is 581 g/mol. The second kappa shape index (κ2) is 13.1. The number of ether oxygens (including phenoxy) is 2. The first-order chi connectivity index (χ1) is 15.7. The number of rotatable bonds is 10. The zero-order valence-electron chi connectivity index (χ0n) is 18.5. The molecule has 2 amide bonds. The maximum Gasteiger partial charge on any atom is 0.262 e. The Morgan fingerprint density at radius 2 is 1.97 bits per heavy atom. The number of terminal acetylenes is 1. The molecule has 2 N–H and O–H groups in total. The van der Waals surface area contributed by atoms with Crippen molar-refractivity contribution in [2.45, 2.75) is 26.3 Å². The second-order valence-corrected chi connectivity index (χ2v) is 9.02. The Balaban J connectivity index is 2.10. The Bertz CT molecular complexity index is 1050. The predicted octanol–water partition coefficient (Wildman–Crippen LogP) is 4.26. The van der Waals surface area contributed by atoms with Crippen molar-refractivity contribution >= 4 is 52.2 Å². The molecule has 0 fully saturated rings. The Morgan fingerprint density at radius 3 is 2.58 bits per heavy atom. The molecule has 33 heavy (non-hydrogen) atoms. The van der Waals surface area contributed by atoms with E-state index in [1.54, 1.807) is 30.3 Å².